The average Bonchev–Trinajstić information content (AvgIpc) is 1.48. The van der Waals surface area contributed by atoms with E-state index in [1.54, 1.807) is 0 Å². The quantitative estimate of drug-likeness (QED) is 0.108. The van der Waals surface area contributed by atoms with Crippen LogP contribution in [0.4, 0.5) is 0 Å². The molecule has 21 aromatic rings. The zero-order valence-electron chi connectivity index (χ0n) is 55.9. The lowest BCUT2D eigenvalue weighted by atomic mass is 9.97. The van der Waals surface area contributed by atoms with E-state index in [0.29, 0.717) is 0 Å². The van der Waals surface area contributed by atoms with Crippen LogP contribution in [-0.4, -0.2) is 52.5 Å². The first-order chi connectivity index (χ1) is 51.8. The lowest BCUT2D eigenvalue weighted by Gasteiger charge is -2.26. The minimum absolute atomic E-state index is 0.712. The Kier molecular flexibility index (Phi) is 8.46. The fourth-order valence-corrected chi connectivity index (χ4v) is 20.9. The number of benzene rings is 7. The fraction of sp³-hybridized carbons (Fsp3) is 0.0706. The van der Waals surface area contributed by atoms with Crippen LogP contribution in [0.15, 0.2) is 243 Å². The second-order valence-electron chi connectivity index (χ2n) is 29.0. The third kappa shape index (κ3) is 5.31. The summed E-state index contributed by atoms with van der Waals surface area (Å²) in [6.45, 7) is 6.20. The molecule has 0 bridgehead atoms. The molecule has 23 heterocycles. The maximum atomic E-state index is 6.60. The highest BCUT2D eigenvalue weighted by atomic mass is 16.5. The van der Waals surface area contributed by atoms with Crippen LogP contribution in [0.1, 0.15) is 33.8 Å². The van der Waals surface area contributed by atoms with Crippen LogP contribution < -0.4 is 41.6 Å². The van der Waals surface area contributed by atoms with Gasteiger partial charge in [0, 0.05) is 52.1 Å². The number of ether oxygens (including phenoxy) is 3. The van der Waals surface area contributed by atoms with Gasteiger partial charge in [-0.05, 0) is 160 Å². The highest BCUT2D eigenvalue weighted by molar-refractivity contribution is 6.18. The second-order valence-corrected chi connectivity index (χ2v) is 29.0. The first kappa shape index (κ1) is 52.7. The van der Waals surface area contributed by atoms with Crippen molar-refractivity contribution < 1.29 is 41.6 Å². The molecule has 9 aliphatic rings. The molecule has 3 spiro atoms. The van der Waals surface area contributed by atoms with E-state index in [0.717, 1.165) is 164 Å². The van der Waals surface area contributed by atoms with Gasteiger partial charge in [0.25, 0.3) is 0 Å². The lowest BCUT2D eigenvalue weighted by molar-refractivity contribution is -0.960. The second kappa shape index (κ2) is 16.9. The van der Waals surface area contributed by atoms with Gasteiger partial charge in [-0.3, -0.25) is 4.98 Å². The molecule has 3 unspecified atom stereocenters. The Labute approximate surface area is 590 Å². The van der Waals surface area contributed by atoms with E-state index in [2.05, 4.69) is 294 Å². The van der Waals surface area contributed by atoms with Gasteiger partial charge in [-0.1, -0.05) is 68.3 Å². The minimum atomic E-state index is -0.739. The van der Waals surface area contributed by atoms with Crippen molar-refractivity contribution >= 4 is 115 Å². The average molecular weight is 1360 g/mol. The summed E-state index contributed by atoms with van der Waals surface area (Å²) in [5, 5.41) is 24.9. The van der Waals surface area contributed by atoms with Gasteiger partial charge in [0.05, 0.1) is 56.8 Å². The molecule has 3 atom stereocenters. The zero-order chi connectivity index (χ0) is 67.9. The number of para-hydroxylation sites is 7. The summed E-state index contributed by atoms with van der Waals surface area (Å²) in [7, 11) is 0. The lowest BCUT2D eigenvalue weighted by Crippen LogP contribution is -2.75. The van der Waals surface area contributed by atoms with Gasteiger partial charge in [0.2, 0.25) is 22.7 Å². The normalized spacial score (nSPS) is 18.2. The van der Waals surface area contributed by atoms with Crippen LogP contribution in [0.25, 0.3) is 149 Å². The van der Waals surface area contributed by atoms with Gasteiger partial charge >= 0.3 is 51.9 Å². The molecule has 30 rings (SSSR count). The Morgan fingerprint density at radius 1 is 0.314 bits per heavy atom. The molecule has 486 valence electrons. The van der Waals surface area contributed by atoms with E-state index in [1.807, 2.05) is 24.5 Å². The highest BCUT2D eigenvalue weighted by Gasteiger charge is 2.74. The van der Waals surface area contributed by atoms with Gasteiger partial charge < -0.3 is 14.2 Å². The number of aryl methyl sites for hydroxylation is 3. The van der Waals surface area contributed by atoms with E-state index < -0.39 is 17.4 Å². The van der Waals surface area contributed by atoms with Crippen molar-refractivity contribution in [1.82, 2.24) is 52.5 Å². The molecule has 0 fully saturated rings. The van der Waals surface area contributed by atoms with Crippen LogP contribution in [0, 0.1) is 20.8 Å². The molecule has 20 heteroatoms. The van der Waals surface area contributed by atoms with Gasteiger partial charge in [-0.2, -0.15) is 28.5 Å². The van der Waals surface area contributed by atoms with Crippen molar-refractivity contribution in [2.24, 2.45) is 0 Å². The summed E-state index contributed by atoms with van der Waals surface area (Å²) in [6, 6.07) is 81.4. The molecule has 105 heavy (non-hydrogen) atoms. The summed E-state index contributed by atoms with van der Waals surface area (Å²) in [5.74, 6) is 2.87. The van der Waals surface area contributed by atoms with Crippen LogP contribution in [-0.2, 0) is 17.4 Å². The van der Waals surface area contributed by atoms with Crippen LogP contribution in [0.5, 0.6) is 34.9 Å². The largest absolute Gasteiger partial charge is 0.449 e. The van der Waals surface area contributed by atoms with Crippen LogP contribution in [0.3, 0.4) is 0 Å². The van der Waals surface area contributed by atoms with Gasteiger partial charge in [0.1, 0.15) is 28.1 Å². The van der Waals surface area contributed by atoms with Gasteiger partial charge in [-0.15, -0.1) is 27.7 Å². The van der Waals surface area contributed by atoms with Crippen molar-refractivity contribution in [2.75, 3.05) is 0 Å². The molecule has 14 aromatic heterocycles. The fourth-order valence-electron chi connectivity index (χ4n) is 20.9. The maximum Gasteiger partial charge on any atom is 0.449 e. The van der Waals surface area contributed by atoms with Crippen molar-refractivity contribution in [2.45, 2.75) is 38.1 Å². The van der Waals surface area contributed by atoms with Crippen molar-refractivity contribution in [3.8, 4) is 69.1 Å². The maximum absolute atomic E-state index is 6.60. The summed E-state index contributed by atoms with van der Waals surface area (Å²) < 4.78 is 47.9. The van der Waals surface area contributed by atoms with Crippen LogP contribution in [0.2, 0.25) is 0 Å². The topological polar surface area (TPSA) is 143 Å². The number of rotatable bonds is 0. The number of nitrogens with zero attached hydrogens (tertiary/aromatic N) is 17. The SMILES string of the molecule is Cc1cc2n(n1)C13c4c(ccc5c6ccccc6n6c7ccccc7[n+]1c6c45)Oc1cccc-2[n+]13.Cc1cc2n(n1)C13c4c(ccc5c6cccnc6n6c7ccccc7[n+]1c6c45)Oc1cccc-2[n+]13.Cc1cc2n(n1)C13c4c(ccc5c6ncccc6n6c7ccccc7[n+]1c6c45)Oc1cccc-2[n+]13. The number of hydrogen-bond donors (Lipinski definition) is 0. The molecule has 7 aromatic carbocycles. The van der Waals surface area contributed by atoms with E-state index >= 15 is 0 Å². The molecule has 0 saturated heterocycles. The van der Waals surface area contributed by atoms with E-state index in [1.165, 1.54) is 54.5 Å². The smallest absolute Gasteiger partial charge is 0.404 e. The van der Waals surface area contributed by atoms with E-state index in [-0.39, 0.29) is 0 Å². The molecule has 0 saturated carbocycles. The Bertz CT molecular complexity index is 7250. The molecule has 0 aliphatic carbocycles. The Morgan fingerprint density at radius 3 is 1.20 bits per heavy atom. The highest BCUT2D eigenvalue weighted by Crippen LogP contribution is 2.57. The predicted molar refractivity (Wildman–Crippen MR) is 388 cm³/mol. The molecule has 0 N–H and O–H groups in total. The Balaban J connectivity index is 0.0000000858. The number of hydrogen-bond acceptors (Lipinski definition) is 8. The summed E-state index contributed by atoms with van der Waals surface area (Å²) in [6.07, 6.45) is 3.76. The van der Waals surface area contributed by atoms with Crippen molar-refractivity contribution in [3.63, 3.8) is 0 Å². The number of aromatic nitrogens is 17. The van der Waals surface area contributed by atoms with Crippen molar-refractivity contribution in [1.29, 1.82) is 0 Å². The first-order valence-corrected chi connectivity index (χ1v) is 35.5. The first-order valence-electron chi connectivity index (χ1n) is 35.5. The third-order valence-corrected chi connectivity index (χ3v) is 24.1. The molecule has 0 amide bonds. The Morgan fingerprint density at radius 2 is 0.695 bits per heavy atom. The summed E-state index contributed by atoms with van der Waals surface area (Å²) in [5.41, 5.74) is 27.6. The summed E-state index contributed by atoms with van der Waals surface area (Å²) in [4.78, 5) is 9.74. The zero-order valence-corrected chi connectivity index (χ0v) is 55.9. The van der Waals surface area contributed by atoms with Crippen molar-refractivity contribution in [3.05, 3.63) is 277 Å². The Hall–Kier alpha value is -14.3. The number of fused-ring (bicyclic) bond motifs is 24. The van der Waals surface area contributed by atoms with E-state index in [9.17, 15) is 0 Å². The molecule has 0 radical (unpaired) electrons. The summed E-state index contributed by atoms with van der Waals surface area (Å²) >= 11 is 0. The molecular formula is C85H49N17O3+6. The monoisotopic (exact) mass is 1360 g/mol. The molecule has 9 aliphatic heterocycles. The number of imidazole rings is 3. The number of pyridine rings is 8. The van der Waals surface area contributed by atoms with Gasteiger partial charge in [0.15, 0.2) is 72.6 Å². The van der Waals surface area contributed by atoms with E-state index in [4.69, 9.17) is 39.5 Å². The van der Waals surface area contributed by atoms with Crippen LogP contribution >= 0.6 is 0 Å². The molecular weight excluding hydrogens is 1310 g/mol. The standard InChI is InChI=1S/C29H17N5O.2C28H16N6O/c1-16-15-23-22-11-6-12-25-32(22)29(34(23)30-16)27-24(35-25)14-13-18-17-7-2-3-8-19(17)31-20-9-4-5-10-21(20)33(29)28(31)26(18)27;1-15-14-21-20-9-4-10-23-32(20)28(34(21)30-15)25-22(35-23)12-11-16-17-6-5-13-29-26(17)31-18-7-2-3-8-19(18)33(28)27(31)24(16)25;1-15-14-21-19-8-4-10-23-32(19)28(34(21)30-15)25-22(35-23)12-11-16-24(25)27-31(20-9-5-13-29-26(16)20)17-6-2-3-7-18(17)33(27)28/h2-15H,1H3;2*2-14H,1H3/q3*+2. The third-order valence-electron chi connectivity index (χ3n) is 24.1. The predicted octanol–water partition coefficient (Wildman–Crippen LogP) is 12.7. The van der Waals surface area contributed by atoms with Gasteiger partial charge in [-0.25, -0.2) is 4.98 Å². The molecule has 20 nitrogen and oxygen atoms in total. The minimum Gasteiger partial charge on any atom is -0.404 e.